The van der Waals surface area contributed by atoms with E-state index >= 15 is 0 Å². The molecule has 1 aromatic carbocycles. The Labute approximate surface area is 190 Å². The quantitative estimate of drug-likeness (QED) is 0.441. The molecular weight excluding hydrogens is 449 g/mol. The molecule has 0 fully saturated rings. The minimum atomic E-state index is -3.18. The van der Waals surface area contributed by atoms with Gasteiger partial charge >= 0.3 is 7.60 Å². The second kappa shape index (κ2) is 9.19. The van der Waals surface area contributed by atoms with Crippen LogP contribution in [0.4, 0.5) is 0 Å². The minimum absolute atomic E-state index is 0.188. The van der Waals surface area contributed by atoms with E-state index in [1.54, 1.807) is 30.7 Å². The van der Waals surface area contributed by atoms with Crippen LogP contribution in [0, 0.1) is 0 Å². The van der Waals surface area contributed by atoms with E-state index in [0.717, 1.165) is 40.8 Å². The molecule has 0 spiro atoms. The van der Waals surface area contributed by atoms with Crippen molar-refractivity contribution in [3.05, 3.63) is 52.0 Å². The SMILES string of the molecule is CCOP(=O)(Cc1ccc(Oc2sc(C(N)=O)c3c2-c2c(cnn2C)CC3)cc1)OCC. The number of hydrogen-bond acceptors (Lipinski definition) is 7. The molecule has 32 heavy (non-hydrogen) atoms. The summed E-state index contributed by atoms with van der Waals surface area (Å²) in [5, 5.41) is 4.99. The molecule has 1 amide bonds. The van der Waals surface area contributed by atoms with Crippen molar-refractivity contribution in [1.29, 1.82) is 0 Å². The summed E-state index contributed by atoms with van der Waals surface area (Å²) in [6, 6.07) is 7.29. The summed E-state index contributed by atoms with van der Waals surface area (Å²) < 4.78 is 31.5. The number of rotatable bonds is 9. The van der Waals surface area contributed by atoms with Gasteiger partial charge in [0.05, 0.1) is 41.7 Å². The van der Waals surface area contributed by atoms with E-state index in [9.17, 15) is 9.36 Å². The monoisotopic (exact) mass is 475 g/mol. The van der Waals surface area contributed by atoms with Gasteiger partial charge in [0.1, 0.15) is 5.75 Å². The number of benzene rings is 1. The van der Waals surface area contributed by atoms with Crippen molar-refractivity contribution in [2.75, 3.05) is 13.2 Å². The summed E-state index contributed by atoms with van der Waals surface area (Å²) in [7, 11) is -1.30. The number of aromatic nitrogens is 2. The van der Waals surface area contributed by atoms with Crippen LogP contribution in [0.3, 0.4) is 0 Å². The Balaban J connectivity index is 1.63. The number of nitrogens with two attached hydrogens (primary N) is 1. The Hall–Kier alpha value is -2.45. The van der Waals surface area contributed by atoms with Gasteiger partial charge < -0.3 is 19.5 Å². The topological polar surface area (TPSA) is 106 Å². The average Bonchev–Trinajstić information content (AvgIpc) is 3.30. The molecule has 2 N–H and O–H groups in total. The zero-order valence-electron chi connectivity index (χ0n) is 18.3. The lowest BCUT2D eigenvalue weighted by atomic mass is 9.91. The third-order valence-corrected chi connectivity index (χ3v) is 8.44. The van der Waals surface area contributed by atoms with Crippen molar-refractivity contribution in [2.45, 2.75) is 32.9 Å². The van der Waals surface area contributed by atoms with Crippen LogP contribution in [0.2, 0.25) is 0 Å². The molecule has 1 aliphatic carbocycles. The van der Waals surface area contributed by atoms with Crippen LogP contribution >= 0.6 is 18.9 Å². The molecule has 2 heterocycles. The van der Waals surface area contributed by atoms with Crippen molar-refractivity contribution in [3.63, 3.8) is 0 Å². The van der Waals surface area contributed by atoms with Gasteiger partial charge in [0.15, 0.2) is 5.06 Å². The summed E-state index contributed by atoms with van der Waals surface area (Å²) in [5.74, 6) is 0.149. The van der Waals surface area contributed by atoms with Crippen LogP contribution < -0.4 is 10.5 Å². The number of ether oxygens (including phenoxy) is 1. The molecule has 0 atom stereocenters. The van der Waals surface area contributed by atoms with E-state index in [1.165, 1.54) is 11.3 Å². The van der Waals surface area contributed by atoms with E-state index < -0.39 is 13.5 Å². The number of carbonyl (C=O) groups is 1. The van der Waals surface area contributed by atoms with Crippen molar-refractivity contribution in [3.8, 4) is 22.1 Å². The first-order valence-electron chi connectivity index (χ1n) is 10.5. The molecule has 0 aliphatic heterocycles. The van der Waals surface area contributed by atoms with Crippen molar-refractivity contribution in [2.24, 2.45) is 12.8 Å². The molecule has 4 rings (SSSR count). The van der Waals surface area contributed by atoms with E-state index in [2.05, 4.69) is 5.10 Å². The molecule has 8 nitrogen and oxygen atoms in total. The normalized spacial score (nSPS) is 13.0. The van der Waals surface area contributed by atoms with Crippen molar-refractivity contribution < 1.29 is 23.1 Å². The predicted octanol–water partition coefficient (Wildman–Crippen LogP) is 4.90. The maximum atomic E-state index is 12.8. The molecule has 2 aromatic heterocycles. The molecule has 10 heteroatoms. The highest BCUT2D eigenvalue weighted by molar-refractivity contribution is 7.53. The second-order valence-electron chi connectivity index (χ2n) is 7.43. The van der Waals surface area contributed by atoms with Gasteiger partial charge in [-0.2, -0.15) is 5.10 Å². The van der Waals surface area contributed by atoms with Gasteiger partial charge in [-0.3, -0.25) is 14.0 Å². The predicted molar refractivity (Wildman–Crippen MR) is 124 cm³/mol. The first kappa shape index (κ1) is 22.7. The molecule has 0 saturated carbocycles. The highest BCUT2D eigenvalue weighted by Crippen LogP contribution is 2.52. The standard InChI is InChI=1S/C22H26N3O5PS/c1-4-28-31(27,29-5-2)13-14-6-9-16(10-7-14)30-22-18-17(20(32-22)21(23)26)11-8-15-12-24-25(3)19(15)18/h6-7,9-10,12H,4-5,8,11,13H2,1-3H3,(H2,23,26). The lowest BCUT2D eigenvalue weighted by Gasteiger charge is -2.17. The Morgan fingerprint density at radius 2 is 1.88 bits per heavy atom. The van der Waals surface area contributed by atoms with Gasteiger partial charge in [0, 0.05) is 7.05 Å². The van der Waals surface area contributed by atoms with Crippen molar-refractivity contribution in [1.82, 2.24) is 9.78 Å². The Bertz CT molecular complexity index is 1180. The van der Waals surface area contributed by atoms with E-state index in [-0.39, 0.29) is 6.16 Å². The molecule has 0 unspecified atom stereocenters. The van der Waals surface area contributed by atoms with Crippen LogP contribution in [0.15, 0.2) is 30.5 Å². The van der Waals surface area contributed by atoms with Gasteiger partial charge in [-0.25, -0.2) is 0 Å². The fourth-order valence-electron chi connectivity index (χ4n) is 3.95. The summed E-state index contributed by atoms with van der Waals surface area (Å²) in [6.45, 7) is 4.22. The molecule has 3 aromatic rings. The molecular formula is C22H26N3O5PS. The number of amides is 1. The number of nitrogens with zero attached hydrogens (tertiary/aromatic N) is 2. The molecule has 1 aliphatic rings. The van der Waals surface area contributed by atoms with Gasteiger partial charge in [-0.15, -0.1) is 0 Å². The zero-order valence-corrected chi connectivity index (χ0v) is 20.0. The van der Waals surface area contributed by atoms with Gasteiger partial charge in [0.2, 0.25) is 0 Å². The molecule has 0 saturated heterocycles. The molecule has 0 bridgehead atoms. The molecule has 170 valence electrons. The second-order valence-corrected chi connectivity index (χ2v) is 10.5. The van der Waals surface area contributed by atoms with Gasteiger partial charge in [0.25, 0.3) is 5.91 Å². The van der Waals surface area contributed by atoms with E-state index in [1.807, 2.05) is 25.4 Å². The Morgan fingerprint density at radius 1 is 1.19 bits per heavy atom. The lowest BCUT2D eigenvalue weighted by Crippen LogP contribution is -2.13. The maximum absolute atomic E-state index is 12.8. The smallest absolute Gasteiger partial charge is 0.335 e. The van der Waals surface area contributed by atoms with Crippen LogP contribution in [0.1, 0.15) is 40.2 Å². The third-order valence-electron chi connectivity index (χ3n) is 5.26. The van der Waals surface area contributed by atoms with Gasteiger partial charge in [-0.1, -0.05) is 23.5 Å². The number of aryl methyl sites for hydroxylation is 2. The number of primary amides is 1. The summed E-state index contributed by atoms with van der Waals surface area (Å²) in [4.78, 5) is 12.6. The minimum Gasteiger partial charge on any atom is -0.446 e. The number of hydrogen-bond donors (Lipinski definition) is 1. The fraction of sp³-hybridized carbons (Fsp3) is 0.364. The Morgan fingerprint density at radius 3 is 2.50 bits per heavy atom. The maximum Gasteiger partial charge on any atom is 0.335 e. The average molecular weight is 476 g/mol. The van der Waals surface area contributed by atoms with Crippen LogP contribution in [0.5, 0.6) is 10.8 Å². The van der Waals surface area contributed by atoms with E-state index in [4.69, 9.17) is 19.5 Å². The summed E-state index contributed by atoms with van der Waals surface area (Å²) in [6.07, 6.45) is 3.57. The zero-order chi connectivity index (χ0) is 22.9. The van der Waals surface area contributed by atoms with Crippen LogP contribution in [-0.4, -0.2) is 28.9 Å². The number of carbonyl (C=O) groups excluding carboxylic acids is 1. The summed E-state index contributed by atoms with van der Waals surface area (Å²) >= 11 is 1.26. The lowest BCUT2D eigenvalue weighted by molar-refractivity contribution is 0.100. The summed E-state index contributed by atoms with van der Waals surface area (Å²) in [5.41, 5.74) is 10.3. The number of fused-ring (bicyclic) bond motifs is 3. The Kier molecular flexibility index (Phi) is 6.53. The first-order chi connectivity index (χ1) is 15.3. The van der Waals surface area contributed by atoms with Crippen LogP contribution in [0.25, 0.3) is 11.3 Å². The van der Waals surface area contributed by atoms with Crippen molar-refractivity contribution >= 4 is 24.8 Å². The first-order valence-corrected chi connectivity index (χ1v) is 13.0. The van der Waals surface area contributed by atoms with Gasteiger partial charge in [-0.05, 0) is 55.5 Å². The van der Waals surface area contributed by atoms with E-state index in [0.29, 0.717) is 28.9 Å². The highest BCUT2D eigenvalue weighted by atomic mass is 32.1. The fourth-order valence-corrected chi connectivity index (χ4v) is 6.73. The molecule has 0 radical (unpaired) electrons. The van der Waals surface area contributed by atoms with Crippen LogP contribution in [-0.2, 0) is 39.7 Å². The number of thiophene rings is 1. The highest BCUT2D eigenvalue weighted by Gasteiger charge is 2.31. The largest absolute Gasteiger partial charge is 0.446 e. The third kappa shape index (κ3) is 4.38.